The van der Waals surface area contributed by atoms with Crippen LogP contribution in [0.15, 0.2) is 34.4 Å². The normalized spacial score (nSPS) is 12.5. The van der Waals surface area contributed by atoms with Gasteiger partial charge in [0.05, 0.1) is 10.8 Å². The van der Waals surface area contributed by atoms with Crippen molar-refractivity contribution in [1.82, 2.24) is 5.43 Å². The van der Waals surface area contributed by atoms with Gasteiger partial charge < -0.3 is 0 Å². The zero-order valence-electron chi connectivity index (χ0n) is 6.11. The lowest BCUT2D eigenvalue weighted by Crippen LogP contribution is -1.93. The fraction of sp³-hybridized carbons (Fsp3) is 0. The summed E-state index contributed by atoms with van der Waals surface area (Å²) in [6.07, 6.45) is 0. The van der Waals surface area contributed by atoms with Crippen LogP contribution in [0.5, 0.6) is 0 Å². The molecule has 0 aliphatic carbocycles. The SMILES string of the molecule is S=C=Nc1cccc(C2=NN2)c1. The van der Waals surface area contributed by atoms with Gasteiger partial charge in [-0.3, -0.25) is 5.43 Å². The van der Waals surface area contributed by atoms with Crippen LogP contribution >= 0.6 is 12.2 Å². The summed E-state index contributed by atoms with van der Waals surface area (Å²) in [7, 11) is 0. The van der Waals surface area contributed by atoms with Crippen molar-refractivity contribution in [2.75, 3.05) is 0 Å². The quantitative estimate of drug-likeness (QED) is 0.549. The maximum atomic E-state index is 4.50. The molecule has 0 amide bonds. The minimum atomic E-state index is 0.805. The highest BCUT2D eigenvalue weighted by Gasteiger charge is 2.11. The summed E-state index contributed by atoms with van der Waals surface area (Å²) in [5.41, 5.74) is 4.61. The van der Waals surface area contributed by atoms with Gasteiger partial charge in [-0.15, -0.1) is 0 Å². The summed E-state index contributed by atoms with van der Waals surface area (Å²) in [5, 5.41) is 6.17. The molecule has 58 valence electrons. The van der Waals surface area contributed by atoms with E-state index in [1.165, 1.54) is 0 Å². The summed E-state index contributed by atoms with van der Waals surface area (Å²) in [6, 6.07) is 7.63. The van der Waals surface area contributed by atoms with Crippen LogP contribution in [0.2, 0.25) is 0 Å². The molecule has 0 saturated carbocycles. The number of thiocarbonyl (C=S) groups is 1. The van der Waals surface area contributed by atoms with Gasteiger partial charge in [-0.1, -0.05) is 12.1 Å². The molecule has 0 aromatic heterocycles. The molecule has 4 heteroatoms. The van der Waals surface area contributed by atoms with E-state index < -0.39 is 0 Å². The van der Waals surface area contributed by atoms with Crippen molar-refractivity contribution in [3.05, 3.63) is 29.8 Å². The zero-order valence-corrected chi connectivity index (χ0v) is 6.93. The molecule has 12 heavy (non-hydrogen) atoms. The maximum absolute atomic E-state index is 4.50. The number of hydrazone groups is 1. The third-order valence-corrected chi connectivity index (χ3v) is 1.61. The largest absolute Gasteiger partial charge is 0.257 e. The van der Waals surface area contributed by atoms with E-state index in [9.17, 15) is 0 Å². The number of nitrogens with zero attached hydrogens (tertiary/aromatic N) is 2. The fourth-order valence-corrected chi connectivity index (χ4v) is 1.04. The van der Waals surface area contributed by atoms with E-state index in [0.29, 0.717) is 0 Å². The lowest BCUT2D eigenvalue weighted by atomic mass is 10.2. The average molecular weight is 175 g/mol. The summed E-state index contributed by atoms with van der Waals surface area (Å²) < 4.78 is 0. The van der Waals surface area contributed by atoms with Crippen LogP contribution in [-0.4, -0.2) is 11.0 Å². The Kier molecular flexibility index (Phi) is 1.70. The molecule has 0 atom stereocenters. The van der Waals surface area contributed by atoms with E-state index in [0.717, 1.165) is 17.1 Å². The van der Waals surface area contributed by atoms with Gasteiger partial charge in [0.15, 0.2) is 5.84 Å². The minimum Gasteiger partial charge on any atom is -0.257 e. The van der Waals surface area contributed by atoms with E-state index in [4.69, 9.17) is 0 Å². The van der Waals surface area contributed by atoms with Crippen LogP contribution in [-0.2, 0) is 0 Å². The van der Waals surface area contributed by atoms with Crippen molar-refractivity contribution in [2.24, 2.45) is 10.1 Å². The molecule has 1 aromatic carbocycles. The van der Waals surface area contributed by atoms with Crippen LogP contribution in [0.4, 0.5) is 5.69 Å². The number of hydrogen-bond acceptors (Lipinski definition) is 4. The second-order valence-corrected chi connectivity index (χ2v) is 2.51. The Hall–Kier alpha value is -1.51. The molecule has 0 radical (unpaired) electrons. The topological polar surface area (TPSA) is 46.7 Å². The molecular formula is C8H5N3S. The van der Waals surface area contributed by atoms with Crippen LogP contribution < -0.4 is 5.43 Å². The van der Waals surface area contributed by atoms with Gasteiger partial charge in [-0.05, 0) is 24.4 Å². The number of rotatable bonds is 2. The molecule has 3 nitrogen and oxygen atoms in total. The average Bonchev–Trinajstić information content (AvgIpc) is 2.88. The smallest absolute Gasteiger partial charge is 0.173 e. The van der Waals surface area contributed by atoms with Gasteiger partial charge in [0, 0.05) is 5.56 Å². The Bertz CT molecular complexity index is 374. The second-order valence-electron chi connectivity index (χ2n) is 2.33. The van der Waals surface area contributed by atoms with Gasteiger partial charge >= 0.3 is 0 Å². The summed E-state index contributed by atoms with van der Waals surface area (Å²) in [6.45, 7) is 0. The van der Waals surface area contributed by atoms with E-state index in [2.05, 4.69) is 32.9 Å². The molecule has 0 unspecified atom stereocenters. The van der Waals surface area contributed by atoms with Gasteiger partial charge in [-0.2, -0.15) is 10.1 Å². The fourth-order valence-electron chi connectivity index (χ4n) is 0.933. The summed E-state index contributed by atoms with van der Waals surface area (Å²) in [5.74, 6) is 0.899. The number of aliphatic imine (C=N–C) groups is 1. The highest BCUT2D eigenvalue weighted by Crippen LogP contribution is 2.15. The maximum Gasteiger partial charge on any atom is 0.173 e. The molecule has 0 spiro atoms. The Morgan fingerprint density at radius 1 is 1.50 bits per heavy atom. The third kappa shape index (κ3) is 1.39. The molecule has 1 aliphatic rings. The number of amidine groups is 1. The lowest BCUT2D eigenvalue weighted by molar-refractivity contribution is 1.26. The lowest BCUT2D eigenvalue weighted by Gasteiger charge is -1.92. The predicted octanol–water partition coefficient (Wildman–Crippen LogP) is 1.69. The summed E-state index contributed by atoms with van der Waals surface area (Å²) in [4.78, 5) is 3.86. The van der Waals surface area contributed by atoms with Crippen LogP contribution in [0.1, 0.15) is 5.56 Å². The molecule has 0 fully saturated rings. The van der Waals surface area contributed by atoms with Crippen molar-refractivity contribution in [2.45, 2.75) is 0 Å². The van der Waals surface area contributed by atoms with Crippen molar-refractivity contribution < 1.29 is 0 Å². The van der Waals surface area contributed by atoms with E-state index in [1.54, 1.807) is 0 Å². The highest BCUT2D eigenvalue weighted by molar-refractivity contribution is 7.78. The van der Waals surface area contributed by atoms with Crippen LogP contribution in [0.25, 0.3) is 0 Å². The second kappa shape index (κ2) is 2.85. The van der Waals surface area contributed by atoms with Crippen molar-refractivity contribution in [3.63, 3.8) is 0 Å². The Morgan fingerprint density at radius 3 is 3.00 bits per heavy atom. The standard InChI is InChI=1S/C8H5N3S/c12-5-9-7-3-1-2-6(4-7)8-10-11-8/h1-4H,(H,10,11). The van der Waals surface area contributed by atoms with Crippen molar-refractivity contribution in [1.29, 1.82) is 0 Å². The van der Waals surface area contributed by atoms with E-state index >= 15 is 0 Å². The van der Waals surface area contributed by atoms with Gasteiger partial charge in [-0.25, -0.2) is 0 Å². The first-order chi connectivity index (χ1) is 5.90. The summed E-state index contributed by atoms with van der Waals surface area (Å²) >= 11 is 4.50. The third-order valence-electron chi connectivity index (χ3n) is 1.52. The molecule has 0 bridgehead atoms. The van der Waals surface area contributed by atoms with Crippen molar-refractivity contribution >= 4 is 28.9 Å². The Labute approximate surface area is 74.8 Å². The zero-order chi connectivity index (χ0) is 8.39. The Balaban J connectivity index is 2.39. The minimum absolute atomic E-state index is 0.805. The number of nitrogens with one attached hydrogen (secondary N) is 1. The van der Waals surface area contributed by atoms with Gasteiger partial charge in [0.25, 0.3) is 0 Å². The molecular weight excluding hydrogens is 170 g/mol. The molecule has 2 rings (SSSR count). The number of hydrogen-bond donors (Lipinski definition) is 1. The monoisotopic (exact) mass is 175 g/mol. The predicted molar refractivity (Wildman–Crippen MR) is 50.8 cm³/mol. The van der Waals surface area contributed by atoms with Gasteiger partial charge in [0.2, 0.25) is 0 Å². The van der Waals surface area contributed by atoms with Gasteiger partial charge in [0.1, 0.15) is 0 Å². The molecule has 1 aliphatic heterocycles. The van der Waals surface area contributed by atoms with Crippen LogP contribution in [0.3, 0.4) is 0 Å². The van der Waals surface area contributed by atoms with E-state index in [1.807, 2.05) is 24.3 Å². The van der Waals surface area contributed by atoms with Crippen molar-refractivity contribution in [3.8, 4) is 0 Å². The Morgan fingerprint density at radius 2 is 2.33 bits per heavy atom. The molecule has 0 saturated heterocycles. The molecule has 1 aromatic rings. The highest BCUT2D eigenvalue weighted by atomic mass is 32.1. The van der Waals surface area contributed by atoms with E-state index in [-0.39, 0.29) is 0 Å². The first kappa shape index (κ1) is 7.16. The molecule has 1 N–H and O–H groups in total. The molecule has 1 heterocycles. The number of isothiocyanates is 1. The van der Waals surface area contributed by atoms with Crippen LogP contribution in [0, 0.1) is 0 Å². The first-order valence-electron chi connectivity index (χ1n) is 3.42. The first-order valence-corrected chi connectivity index (χ1v) is 3.83. The number of benzene rings is 1.